The summed E-state index contributed by atoms with van der Waals surface area (Å²) in [5.74, 6) is 1.46. The van der Waals surface area contributed by atoms with Crippen molar-refractivity contribution in [3.63, 3.8) is 0 Å². The third-order valence-corrected chi connectivity index (χ3v) is 5.37. The molecule has 0 unspecified atom stereocenters. The van der Waals surface area contributed by atoms with Crippen LogP contribution < -0.4 is 20.1 Å². The summed E-state index contributed by atoms with van der Waals surface area (Å²) in [6, 6.07) is 12.6. The maximum atomic E-state index is 12.0. The lowest BCUT2D eigenvalue weighted by Gasteiger charge is -2.38. The number of ether oxygens (including phenoxy) is 2. The number of nitrogens with one attached hydrogen (secondary N) is 2. The normalized spacial score (nSPS) is 16.1. The molecule has 6 nitrogen and oxygen atoms in total. The van der Waals surface area contributed by atoms with E-state index < -0.39 is 0 Å². The standard InChI is InChI=1S/C23H31N3O3/c1-5-24-23(27)25-14-20-19-13-22(29-4)21(28-3)12-18(19)9-10-26(20)15-17-8-6-7-16(2)11-17/h6-8,11-13,20H,5,9-10,14-15H2,1-4H3,(H2,24,25,27)/t20-/m1/s1. The van der Waals surface area contributed by atoms with Crippen molar-refractivity contribution < 1.29 is 14.3 Å². The summed E-state index contributed by atoms with van der Waals surface area (Å²) in [5.41, 5.74) is 4.95. The molecule has 0 aromatic heterocycles. The Morgan fingerprint density at radius 1 is 1.14 bits per heavy atom. The van der Waals surface area contributed by atoms with Gasteiger partial charge in [-0.2, -0.15) is 0 Å². The Labute approximate surface area is 173 Å². The maximum absolute atomic E-state index is 12.0. The van der Waals surface area contributed by atoms with Crippen LogP contribution in [0.15, 0.2) is 36.4 Å². The second-order valence-electron chi connectivity index (χ2n) is 7.37. The van der Waals surface area contributed by atoms with Crippen LogP contribution in [0.2, 0.25) is 0 Å². The zero-order chi connectivity index (χ0) is 20.8. The number of carbonyl (C=O) groups excluding carboxylic acids is 1. The van der Waals surface area contributed by atoms with E-state index in [-0.39, 0.29) is 12.1 Å². The molecule has 0 radical (unpaired) electrons. The molecule has 1 heterocycles. The molecule has 0 saturated heterocycles. The van der Waals surface area contributed by atoms with E-state index in [2.05, 4.69) is 58.9 Å². The SMILES string of the molecule is CCNC(=O)NC[C@@H]1c2cc(OC)c(OC)cc2CCN1Cc1cccc(C)c1. The van der Waals surface area contributed by atoms with Crippen LogP contribution in [0.5, 0.6) is 11.5 Å². The average molecular weight is 398 g/mol. The summed E-state index contributed by atoms with van der Waals surface area (Å²) in [6.07, 6.45) is 0.930. The van der Waals surface area contributed by atoms with Gasteiger partial charge in [0, 0.05) is 26.2 Å². The third kappa shape index (κ3) is 5.01. The number of aryl methyl sites for hydroxylation is 1. The van der Waals surface area contributed by atoms with Crippen molar-refractivity contribution in [2.75, 3.05) is 33.9 Å². The van der Waals surface area contributed by atoms with Gasteiger partial charge < -0.3 is 20.1 Å². The van der Waals surface area contributed by atoms with E-state index in [1.165, 1.54) is 22.3 Å². The number of hydrogen-bond acceptors (Lipinski definition) is 4. The van der Waals surface area contributed by atoms with Gasteiger partial charge in [0.2, 0.25) is 0 Å². The molecule has 2 aromatic carbocycles. The first-order chi connectivity index (χ1) is 14.0. The summed E-state index contributed by atoms with van der Waals surface area (Å²) in [7, 11) is 3.31. The molecule has 0 bridgehead atoms. The van der Waals surface area contributed by atoms with Crippen LogP contribution in [-0.4, -0.2) is 44.8 Å². The number of fused-ring (bicyclic) bond motifs is 1. The van der Waals surface area contributed by atoms with E-state index in [4.69, 9.17) is 9.47 Å². The number of hydrogen-bond donors (Lipinski definition) is 2. The molecule has 3 rings (SSSR count). The second-order valence-corrected chi connectivity index (χ2v) is 7.37. The predicted octanol–water partition coefficient (Wildman–Crippen LogP) is 3.43. The van der Waals surface area contributed by atoms with Gasteiger partial charge in [-0.1, -0.05) is 29.8 Å². The largest absolute Gasteiger partial charge is 0.493 e. The van der Waals surface area contributed by atoms with Gasteiger partial charge in [-0.25, -0.2) is 4.79 Å². The van der Waals surface area contributed by atoms with Gasteiger partial charge >= 0.3 is 6.03 Å². The molecular weight excluding hydrogens is 366 g/mol. The number of nitrogens with zero attached hydrogens (tertiary/aromatic N) is 1. The molecule has 2 N–H and O–H groups in total. The number of benzene rings is 2. The molecule has 2 amide bonds. The predicted molar refractivity (Wildman–Crippen MR) is 115 cm³/mol. The van der Waals surface area contributed by atoms with Gasteiger partial charge in [-0.3, -0.25) is 4.90 Å². The van der Waals surface area contributed by atoms with Crippen molar-refractivity contribution in [1.29, 1.82) is 0 Å². The highest BCUT2D eigenvalue weighted by atomic mass is 16.5. The van der Waals surface area contributed by atoms with Crippen molar-refractivity contribution in [1.82, 2.24) is 15.5 Å². The molecule has 29 heavy (non-hydrogen) atoms. The van der Waals surface area contributed by atoms with Crippen molar-refractivity contribution in [3.05, 3.63) is 58.7 Å². The average Bonchev–Trinajstić information content (AvgIpc) is 2.72. The van der Waals surface area contributed by atoms with Crippen LogP contribution >= 0.6 is 0 Å². The minimum Gasteiger partial charge on any atom is -0.493 e. The van der Waals surface area contributed by atoms with Gasteiger partial charge in [-0.05, 0) is 49.1 Å². The first kappa shape index (κ1) is 21.0. The number of methoxy groups -OCH3 is 2. The molecule has 0 spiro atoms. The van der Waals surface area contributed by atoms with E-state index in [0.29, 0.717) is 18.8 Å². The Bertz CT molecular complexity index is 853. The molecule has 6 heteroatoms. The highest BCUT2D eigenvalue weighted by Gasteiger charge is 2.29. The molecule has 156 valence electrons. The van der Waals surface area contributed by atoms with E-state index in [1.807, 2.05) is 6.92 Å². The molecule has 1 atom stereocenters. The van der Waals surface area contributed by atoms with Crippen LogP contribution in [0.3, 0.4) is 0 Å². The van der Waals surface area contributed by atoms with Crippen LogP contribution in [-0.2, 0) is 13.0 Å². The summed E-state index contributed by atoms with van der Waals surface area (Å²) < 4.78 is 11.0. The molecular formula is C23H31N3O3. The smallest absolute Gasteiger partial charge is 0.314 e. The van der Waals surface area contributed by atoms with E-state index in [9.17, 15) is 4.79 Å². The van der Waals surface area contributed by atoms with Crippen LogP contribution in [0.25, 0.3) is 0 Å². The van der Waals surface area contributed by atoms with Gasteiger partial charge in [-0.15, -0.1) is 0 Å². The quantitative estimate of drug-likeness (QED) is 0.751. The van der Waals surface area contributed by atoms with Crippen molar-refractivity contribution in [2.45, 2.75) is 32.9 Å². The second kappa shape index (κ2) is 9.65. The highest BCUT2D eigenvalue weighted by Crippen LogP contribution is 2.38. The lowest BCUT2D eigenvalue weighted by molar-refractivity contribution is 0.170. The van der Waals surface area contributed by atoms with Crippen LogP contribution in [0.1, 0.15) is 35.2 Å². The number of urea groups is 1. The van der Waals surface area contributed by atoms with Gasteiger partial charge in [0.05, 0.1) is 20.3 Å². The molecule has 2 aromatic rings. The summed E-state index contributed by atoms with van der Waals surface area (Å²) in [5, 5.41) is 5.83. The summed E-state index contributed by atoms with van der Waals surface area (Å²) >= 11 is 0. The Kier molecular flexibility index (Phi) is 6.99. The van der Waals surface area contributed by atoms with Crippen LogP contribution in [0.4, 0.5) is 4.79 Å². The van der Waals surface area contributed by atoms with Crippen LogP contribution in [0, 0.1) is 6.92 Å². The number of carbonyl (C=O) groups is 1. The zero-order valence-electron chi connectivity index (χ0n) is 17.7. The van der Waals surface area contributed by atoms with Gasteiger partial charge in [0.15, 0.2) is 11.5 Å². The fraction of sp³-hybridized carbons (Fsp3) is 0.435. The highest BCUT2D eigenvalue weighted by molar-refractivity contribution is 5.73. The first-order valence-electron chi connectivity index (χ1n) is 10.1. The van der Waals surface area contributed by atoms with Crippen molar-refractivity contribution in [2.24, 2.45) is 0 Å². The minimum absolute atomic E-state index is 0.0571. The van der Waals surface area contributed by atoms with Gasteiger partial charge in [0.25, 0.3) is 0 Å². The van der Waals surface area contributed by atoms with Crippen molar-refractivity contribution >= 4 is 6.03 Å². The number of rotatable bonds is 7. The van der Waals surface area contributed by atoms with E-state index >= 15 is 0 Å². The third-order valence-electron chi connectivity index (χ3n) is 5.37. The topological polar surface area (TPSA) is 62.8 Å². The maximum Gasteiger partial charge on any atom is 0.314 e. The lowest BCUT2D eigenvalue weighted by atomic mass is 9.91. The Balaban J connectivity index is 1.91. The fourth-order valence-corrected chi connectivity index (χ4v) is 3.97. The Hall–Kier alpha value is -2.73. The minimum atomic E-state index is -0.143. The Morgan fingerprint density at radius 3 is 2.59 bits per heavy atom. The van der Waals surface area contributed by atoms with Gasteiger partial charge in [0.1, 0.15) is 0 Å². The monoisotopic (exact) mass is 397 g/mol. The molecule has 0 saturated carbocycles. The van der Waals surface area contributed by atoms with E-state index in [1.54, 1.807) is 14.2 Å². The summed E-state index contributed by atoms with van der Waals surface area (Å²) in [6.45, 7) is 6.90. The van der Waals surface area contributed by atoms with E-state index in [0.717, 1.165) is 25.3 Å². The molecule has 0 aliphatic carbocycles. The lowest BCUT2D eigenvalue weighted by Crippen LogP contribution is -2.44. The molecule has 0 fully saturated rings. The number of amides is 2. The summed E-state index contributed by atoms with van der Waals surface area (Å²) in [4.78, 5) is 14.5. The molecule has 1 aliphatic heterocycles. The molecule has 1 aliphatic rings. The Morgan fingerprint density at radius 2 is 1.90 bits per heavy atom. The zero-order valence-corrected chi connectivity index (χ0v) is 17.7. The van der Waals surface area contributed by atoms with Crippen molar-refractivity contribution in [3.8, 4) is 11.5 Å². The fourth-order valence-electron chi connectivity index (χ4n) is 3.97. The first-order valence-corrected chi connectivity index (χ1v) is 10.1.